The minimum absolute atomic E-state index is 0.0248. The molecule has 0 radical (unpaired) electrons. The van der Waals surface area contributed by atoms with E-state index in [1.165, 1.54) is 6.33 Å². The van der Waals surface area contributed by atoms with Crippen molar-refractivity contribution in [3.8, 4) is 0 Å². The van der Waals surface area contributed by atoms with Crippen LogP contribution in [0.5, 0.6) is 0 Å². The number of benzene rings is 2. The van der Waals surface area contributed by atoms with E-state index < -0.39 is 36.4 Å². The monoisotopic (exact) mass is 652 g/mol. The molecule has 2 aliphatic rings. The second-order valence-corrected chi connectivity index (χ2v) is 12.2. The Morgan fingerprint density at radius 3 is 2.34 bits per heavy atom. The highest BCUT2D eigenvalue weighted by molar-refractivity contribution is 5.85. The number of alkyl halides is 3. The summed E-state index contributed by atoms with van der Waals surface area (Å²) < 4.78 is 42.1. The van der Waals surface area contributed by atoms with Crippen LogP contribution in [-0.2, 0) is 4.79 Å². The first-order chi connectivity index (χ1) is 22.7. The van der Waals surface area contributed by atoms with Crippen molar-refractivity contribution in [3.05, 3.63) is 78.1 Å². The van der Waals surface area contributed by atoms with E-state index in [1.54, 1.807) is 11.5 Å². The van der Waals surface area contributed by atoms with Crippen LogP contribution in [0.15, 0.2) is 67.0 Å². The van der Waals surface area contributed by atoms with Crippen molar-refractivity contribution in [3.63, 3.8) is 0 Å². The zero-order chi connectivity index (χ0) is 33.1. The van der Waals surface area contributed by atoms with Crippen LogP contribution in [0.4, 0.5) is 24.9 Å². The van der Waals surface area contributed by atoms with Crippen LogP contribution in [0, 0.1) is 0 Å². The summed E-state index contributed by atoms with van der Waals surface area (Å²) in [6, 6.07) is 18.1. The van der Waals surface area contributed by atoms with Gasteiger partial charge >= 0.3 is 12.1 Å². The van der Waals surface area contributed by atoms with E-state index in [2.05, 4.69) is 45.2 Å². The molecule has 1 aliphatic carbocycles. The maximum Gasteiger partial charge on any atom is 0.471 e. The lowest BCUT2D eigenvalue weighted by Gasteiger charge is -2.31. The number of imidazole rings is 1. The first kappa shape index (κ1) is 32.7. The van der Waals surface area contributed by atoms with Gasteiger partial charge in [-0.25, -0.2) is 4.98 Å². The topological polar surface area (TPSA) is 140 Å². The number of carbonyl (C=O) groups is 1. The average molecular weight is 653 g/mol. The predicted octanol–water partition coefficient (Wildman–Crippen LogP) is 3.68. The molecule has 2 aromatic heterocycles. The molecule has 1 amide bonds. The maximum atomic E-state index is 13.5. The van der Waals surface area contributed by atoms with E-state index in [0.717, 1.165) is 30.6 Å². The van der Waals surface area contributed by atoms with Gasteiger partial charge in [0.25, 0.3) is 0 Å². The van der Waals surface area contributed by atoms with E-state index in [9.17, 15) is 28.2 Å². The van der Waals surface area contributed by atoms with E-state index in [4.69, 9.17) is 9.97 Å². The third-order valence-corrected chi connectivity index (χ3v) is 9.04. The van der Waals surface area contributed by atoms with Gasteiger partial charge < -0.3 is 35.6 Å². The number of aromatic nitrogens is 4. The SMILES string of the molecule is CCCN(C(=O)C(F)(F)F)[C@H]1C[C@@H](n2cnc3c(NCC(c4ccccc4)c4ccccc4)nc(N[C@@H]4CCNC4)nc32)[C@H](O)[C@@H]1O. The van der Waals surface area contributed by atoms with Crippen LogP contribution in [-0.4, -0.2) is 97.2 Å². The molecule has 1 saturated heterocycles. The lowest BCUT2D eigenvalue weighted by molar-refractivity contribution is -0.190. The van der Waals surface area contributed by atoms with Crippen LogP contribution in [0.3, 0.4) is 0 Å². The van der Waals surface area contributed by atoms with Gasteiger partial charge in [0.2, 0.25) is 5.95 Å². The zero-order valence-electron chi connectivity index (χ0n) is 25.9. The van der Waals surface area contributed by atoms with Crippen molar-refractivity contribution >= 4 is 28.8 Å². The Bertz CT molecular complexity index is 1610. The summed E-state index contributed by atoms with van der Waals surface area (Å²) in [6.07, 6.45) is -5.74. The van der Waals surface area contributed by atoms with Gasteiger partial charge in [0, 0.05) is 31.6 Å². The summed E-state index contributed by atoms with van der Waals surface area (Å²) in [5, 5.41) is 32.3. The molecule has 5 atom stereocenters. The molecule has 6 rings (SSSR count). The number of hydrogen-bond acceptors (Lipinski definition) is 9. The second kappa shape index (κ2) is 13.8. The van der Waals surface area contributed by atoms with Gasteiger partial charge in [-0.15, -0.1) is 0 Å². The number of nitrogens with zero attached hydrogens (tertiary/aromatic N) is 5. The van der Waals surface area contributed by atoms with Gasteiger partial charge in [0.05, 0.1) is 18.4 Å². The molecule has 1 aliphatic heterocycles. The summed E-state index contributed by atoms with van der Waals surface area (Å²) in [4.78, 5) is 27.1. The van der Waals surface area contributed by atoms with Crippen LogP contribution >= 0.6 is 0 Å². The molecule has 4 aromatic rings. The standard InChI is InChI=1S/C33H39F3N8O3/c1-2-15-43(31(47)33(34,35)36)24-16-25(28(46)27(24)45)44-19-39-26-29(41-32(42-30(26)44)40-22-13-14-37-17-22)38-18-23(20-9-5-3-6-10-20)21-11-7-4-8-12-21/h3-12,19,22-25,27-28,37,45-46H,2,13-18H2,1H3,(H2,38,40,41,42)/t22-,24+,25-,27-,28+/m1/s1. The molecular weight excluding hydrogens is 613 g/mol. The van der Waals surface area contributed by atoms with Crippen molar-refractivity contribution in [2.24, 2.45) is 0 Å². The third-order valence-electron chi connectivity index (χ3n) is 9.04. The van der Waals surface area contributed by atoms with Gasteiger partial charge in [-0.05, 0) is 36.9 Å². The Morgan fingerprint density at radius 1 is 1.06 bits per heavy atom. The number of carbonyl (C=O) groups excluding carboxylic acids is 1. The van der Waals surface area contributed by atoms with E-state index >= 15 is 0 Å². The number of aliphatic hydroxyl groups is 2. The number of anilines is 2. The van der Waals surface area contributed by atoms with Crippen molar-refractivity contribution < 1.29 is 28.2 Å². The van der Waals surface area contributed by atoms with Gasteiger partial charge in [0.15, 0.2) is 17.0 Å². The number of aliphatic hydroxyl groups excluding tert-OH is 2. The molecule has 2 aromatic carbocycles. The van der Waals surface area contributed by atoms with E-state index in [-0.39, 0.29) is 31.3 Å². The quantitative estimate of drug-likeness (QED) is 0.164. The summed E-state index contributed by atoms with van der Waals surface area (Å²) in [5.74, 6) is -1.29. The third kappa shape index (κ3) is 6.90. The van der Waals surface area contributed by atoms with Gasteiger partial charge in [0.1, 0.15) is 12.2 Å². The number of nitrogens with one attached hydrogen (secondary N) is 3. The Kier molecular flexibility index (Phi) is 9.62. The lowest BCUT2D eigenvalue weighted by atomic mass is 9.91. The summed E-state index contributed by atoms with van der Waals surface area (Å²) in [5.41, 5.74) is 2.96. The Labute approximate surface area is 270 Å². The van der Waals surface area contributed by atoms with E-state index in [1.807, 2.05) is 36.4 Å². The molecule has 47 heavy (non-hydrogen) atoms. The van der Waals surface area contributed by atoms with Crippen molar-refractivity contribution in [2.45, 2.75) is 68.6 Å². The molecule has 0 spiro atoms. The molecule has 5 N–H and O–H groups in total. The fraction of sp³-hybridized carbons (Fsp3) is 0.455. The van der Waals surface area contributed by atoms with Gasteiger partial charge in [-0.1, -0.05) is 67.6 Å². The maximum absolute atomic E-state index is 13.5. The number of hydrogen-bond donors (Lipinski definition) is 5. The van der Waals surface area contributed by atoms with Crippen LogP contribution < -0.4 is 16.0 Å². The highest BCUT2D eigenvalue weighted by Crippen LogP contribution is 2.38. The number of halogens is 3. The Morgan fingerprint density at radius 2 is 1.74 bits per heavy atom. The molecule has 0 bridgehead atoms. The second-order valence-electron chi connectivity index (χ2n) is 12.2. The molecule has 1 saturated carbocycles. The molecule has 3 heterocycles. The molecule has 250 valence electrons. The average Bonchev–Trinajstić information content (AvgIpc) is 3.80. The first-order valence-corrected chi connectivity index (χ1v) is 15.9. The van der Waals surface area contributed by atoms with Gasteiger partial charge in [-0.2, -0.15) is 23.1 Å². The fourth-order valence-electron chi connectivity index (χ4n) is 6.70. The largest absolute Gasteiger partial charge is 0.471 e. The molecular formula is C33H39F3N8O3. The molecule has 14 heteroatoms. The van der Waals surface area contributed by atoms with Gasteiger partial charge in [-0.3, -0.25) is 4.79 Å². The summed E-state index contributed by atoms with van der Waals surface area (Å²) >= 11 is 0. The number of rotatable bonds is 11. The predicted molar refractivity (Wildman–Crippen MR) is 171 cm³/mol. The van der Waals surface area contributed by atoms with Crippen LogP contribution in [0.25, 0.3) is 11.2 Å². The summed E-state index contributed by atoms with van der Waals surface area (Å²) in [6.45, 7) is 3.47. The number of fused-ring (bicyclic) bond motifs is 1. The van der Waals surface area contributed by atoms with Crippen molar-refractivity contribution in [1.82, 2.24) is 29.7 Å². The van der Waals surface area contributed by atoms with Crippen LogP contribution in [0.1, 0.15) is 49.3 Å². The summed E-state index contributed by atoms with van der Waals surface area (Å²) in [7, 11) is 0. The van der Waals surface area contributed by atoms with Crippen molar-refractivity contribution in [1.29, 1.82) is 0 Å². The Balaban J connectivity index is 1.35. The van der Waals surface area contributed by atoms with Crippen LogP contribution in [0.2, 0.25) is 0 Å². The Hall–Kier alpha value is -4.27. The highest BCUT2D eigenvalue weighted by Gasteiger charge is 2.51. The zero-order valence-corrected chi connectivity index (χ0v) is 25.9. The number of amides is 1. The highest BCUT2D eigenvalue weighted by atomic mass is 19.4. The lowest BCUT2D eigenvalue weighted by Crippen LogP contribution is -2.51. The van der Waals surface area contributed by atoms with E-state index in [0.29, 0.717) is 34.4 Å². The normalized spacial score (nSPS) is 23.0. The smallest absolute Gasteiger partial charge is 0.388 e. The fourth-order valence-corrected chi connectivity index (χ4v) is 6.70. The van der Waals surface area contributed by atoms with Crippen molar-refractivity contribution in [2.75, 3.05) is 36.8 Å². The molecule has 0 unspecified atom stereocenters. The molecule has 11 nitrogen and oxygen atoms in total. The first-order valence-electron chi connectivity index (χ1n) is 15.9. The molecule has 2 fully saturated rings. The minimum Gasteiger partial charge on any atom is -0.388 e. The minimum atomic E-state index is -5.11.